The molecule has 0 unspecified atom stereocenters. The Bertz CT molecular complexity index is 823. The smallest absolute Gasteiger partial charge is 0.276 e. The second-order valence-electron chi connectivity index (χ2n) is 6.62. The number of amides is 2. The summed E-state index contributed by atoms with van der Waals surface area (Å²) in [5.41, 5.74) is 1.31. The molecule has 0 spiro atoms. The zero-order valence-electron chi connectivity index (χ0n) is 16.0. The van der Waals surface area contributed by atoms with Crippen LogP contribution in [-0.4, -0.2) is 58.5 Å². The number of likely N-dealkylation sites (tertiary alicyclic amines) is 1. The molecule has 0 radical (unpaired) electrons. The molecule has 2 heterocycles. The van der Waals surface area contributed by atoms with E-state index in [1.165, 1.54) is 6.08 Å². The molecule has 0 atom stereocenters. The topological polar surface area (TPSA) is 89.4 Å². The van der Waals surface area contributed by atoms with E-state index in [9.17, 15) is 9.59 Å². The van der Waals surface area contributed by atoms with Crippen molar-refractivity contribution in [2.45, 2.75) is 25.8 Å². The number of nitrogens with one attached hydrogen (secondary N) is 1. The number of ether oxygens (including phenoxy) is 1. The molecule has 8 heteroatoms. The Morgan fingerprint density at radius 2 is 1.96 bits per heavy atom. The third-order valence-corrected chi connectivity index (χ3v) is 4.56. The van der Waals surface area contributed by atoms with Crippen molar-refractivity contribution in [3.63, 3.8) is 0 Å². The number of benzene rings is 1. The van der Waals surface area contributed by atoms with E-state index >= 15 is 0 Å². The second kappa shape index (κ2) is 9.68. The molecule has 0 aliphatic carbocycles. The lowest BCUT2D eigenvalue weighted by Crippen LogP contribution is -2.27. The molecule has 1 fully saturated rings. The summed E-state index contributed by atoms with van der Waals surface area (Å²) in [5, 5.41) is 10.8. The molecule has 1 aliphatic rings. The summed E-state index contributed by atoms with van der Waals surface area (Å²) in [7, 11) is 1.61. The van der Waals surface area contributed by atoms with Crippen LogP contribution in [0.4, 0.5) is 0 Å². The molecule has 3 rings (SSSR count). The Morgan fingerprint density at radius 1 is 1.21 bits per heavy atom. The lowest BCUT2D eigenvalue weighted by atomic mass is 10.2. The lowest BCUT2D eigenvalue weighted by Gasteiger charge is -2.12. The Hall–Kier alpha value is -3.16. The van der Waals surface area contributed by atoms with Crippen LogP contribution in [0.15, 0.2) is 36.5 Å². The molecule has 1 N–H and O–H groups in total. The summed E-state index contributed by atoms with van der Waals surface area (Å²) in [6.07, 6.45) is 7.72. The summed E-state index contributed by atoms with van der Waals surface area (Å²) in [4.78, 5) is 25.9. The first kappa shape index (κ1) is 19.6. The standard InChI is InChI=1S/C20H25N5O3/c1-28-17-8-5-16(6-9-17)7-10-19(26)21-11-4-14-25-15-18(22-23-25)20(27)24-12-2-3-13-24/h5-10,15H,2-4,11-14H2,1H3,(H,21,26). The van der Waals surface area contributed by atoms with Crippen molar-refractivity contribution < 1.29 is 14.3 Å². The van der Waals surface area contributed by atoms with Crippen LogP contribution >= 0.6 is 0 Å². The largest absolute Gasteiger partial charge is 0.497 e. The molecule has 1 aromatic heterocycles. The van der Waals surface area contributed by atoms with Crippen molar-refractivity contribution >= 4 is 17.9 Å². The van der Waals surface area contributed by atoms with E-state index in [2.05, 4.69) is 15.6 Å². The van der Waals surface area contributed by atoms with Gasteiger partial charge in [-0.05, 0) is 43.0 Å². The van der Waals surface area contributed by atoms with Gasteiger partial charge in [0, 0.05) is 32.3 Å². The molecule has 28 heavy (non-hydrogen) atoms. The van der Waals surface area contributed by atoms with E-state index in [0.29, 0.717) is 25.2 Å². The van der Waals surface area contributed by atoms with Crippen LogP contribution < -0.4 is 10.1 Å². The monoisotopic (exact) mass is 383 g/mol. The number of aromatic nitrogens is 3. The Morgan fingerprint density at radius 3 is 2.68 bits per heavy atom. The van der Waals surface area contributed by atoms with E-state index in [-0.39, 0.29) is 11.8 Å². The Kier molecular flexibility index (Phi) is 6.78. The number of hydrogen-bond acceptors (Lipinski definition) is 5. The van der Waals surface area contributed by atoms with E-state index in [1.54, 1.807) is 24.1 Å². The quantitative estimate of drug-likeness (QED) is 0.554. The third-order valence-electron chi connectivity index (χ3n) is 4.56. The van der Waals surface area contributed by atoms with Crippen molar-refractivity contribution in [1.29, 1.82) is 0 Å². The Balaban J connectivity index is 1.37. The number of rotatable bonds is 8. The minimum atomic E-state index is -0.153. The minimum absolute atomic E-state index is 0.0549. The average molecular weight is 383 g/mol. The summed E-state index contributed by atoms with van der Waals surface area (Å²) in [6, 6.07) is 7.46. The van der Waals surface area contributed by atoms with Crippen molar-refractivity contribution in [2.75, 3.05) is 26.7 Å². The SMILES string of the molecule is COc1ccc(C=CC(=O)NCCCn2cc(C(=O)N3CCCC3)nn2)cc1. The molecule has 1 aliphatic heterocycles. The first-order valence-corrected chi connectivity index (χ1v) is 9.45. The Labute approximate surface area is 164 Å². The fourth-order valence-electron chi connectivity index (χ4n) is 2.99. The van der Waals surface area contributed by atoms with Crippen LogP contribution in [0, 0.1) is 0 Å². The van der Waals surface area contributed by atoms with Gasteiger partial charge in [-0.25, -0.2) is 0 Å². The van der Waals surface area contributed by atoms with Crippen LogP contribution in [-0.2, 0) is 11.3 Å². The fraction of sp³-hybridized carbons (Fsp3) is 0.400. The van der Waals surface area contributed by atoms with E-state index < -0.39 is 0 Å². The van der Waals surface area contributed by atoms with Crippen molar-refractivity contribution in [3.8, 4) is 5.75 Å². The second-order valence-corrected chi connectivity index (χ2v) is 6.62. The number of carbonyl (C=O) groups excluding carboxylic acids is 2. The van der Waals surface area contributed by atoms with Gasteiger partial charge in [-0.1, -0.05) is 17.3 Å². The van der Waals surface area contributed by atoms with E-state index in [1.807, 2.05) is 29.2 Å². The maximum atomic E-state index is 12.2. The van der Waals surface area contributed by atoms with Crippen LogP contribution in [0.5, 0.6) is 5.75 Å². The van der Waals surface area contributed by atoms with E-state index in [0.717, 1.165) is 37.2 Å². The highest BCUT2D eigenvalue weighted by molar-refractivity contribution is 5.92. The first-order chi connectivity index (χ1) is 13.7. The van der Waals surface area contributed by atoms with Crippen LogP contribution in [0.3, 0.4) is 0 Å². The van der Waals surface area contributed by atoms with Gasteiger partial charge < -0.3 is 15.0 Å². The third kappa shape index (κ3) is 5.42. The molecular formula is C20H25N5O3. The summed E-state index contributed by atoms with van der Waals surface area (Å²) < 4.78 is 6.74. The van der Waals surface area contributed by atoms with Gasteiger partial charge in [0.25, 0.3) is 5.91 Å². The molecule has 0 bridgehead atoms. The highest BCUT2D eigenvalue weighted by Gasteiger charge is 2.21. The number of carbonyl (C=O) groups is 2. The van der Waals surface area contributed by atoms with Crippen molar-refractivity contribution in [3.05, 3.63) is 47.8 Å². The zero-order valence-corrected chi connectivity index (χ0v) is 16.0. The molecule has 0 saturated carbocycles. The van der Waals surface area contributed by atoms with Gasteiger partial charge in [0.15, 0.2) is 5.69 Å². The van der Waals surface area contributed by atoms with Gasteiger partial charge in [0.05, 0.1) is 13.3 Å². The number of hydrogen-bond donors (Lipinski definition) is 1. The maximum Gasteiger partial charge on any atom is 0.276 e. The van der Waals surface area contributed by atoms with E-state index in [4.69, 9.17) is 4.74 Å². The van der Waals surface area contributed by atoms with Crippen LogP contribution in [0.1, 0.15) is 35.3 Å². The van der Waals surface area contributed by atoms with Gasteiger partial charge in [-0.15, -0.1) is 5.10 Å². The highest BCUT2D eigenvalue weighted by Crippen LogP contribution is 2.12. The van der Waals surface area contributed by atoms with Crippen LogP contribution in [0.25, 0.3) is 6.08 Å². The van der Waals surface area contributed by atoms with Crippen molar-refractivity contribution in [1.82, 2.24) is 25.2 Å². The lowest BCUT2D eigenvalue weighted by molar-refractivity contribution is -0.116. The van der Waals surface area contributed by atoms with Gasteiger partial charge in [0.1, 0.15) is 5.75 Å². The fourth-order valence-corrected chi connectivity index (χ4v) is 2.99. The zero-order chi connectivity index (χ0) is 19.8. The number of methoxy groups -OCH3 is 1. The van der Waals surface area contributed by atoms with Gasteiger partial charge in [0.2, 0.25) is 5.91 Å². The maximum absolute atomic E-state index is 12.2. The normalized spacial score (nSPS) is 13.8. The molecule has 8 nitrogen and oxygen atoms in total. The average Bonchev–Trinajstić information content (AvgIpc) is 3.42. The molecule has 2 aromatic rings. The van der Waals surface area contributed by atoms with Gasteiger partial charge in [-0.3, -0.25) is 14.3 Å². The van der Waals surface area contributed by atoms with Crippen LogP contribution in [0.2, 0.25) is 0 Å². The van der Waals surface area contributed by atoms with Crippen molar-refractivity contribution in [2.24, 2.45) is 0 Å². The number of nitrogens with zero attached hydrogens (tertiary/aromatic N) is 4. The molecule has 1 saturated heterocycles. The summed E-state index contributed by atoms with van der Waals surface area (Å²) in [5.74, 6) is 0.569. The summed E-state index contributed by atoms with van der Waals surface area (Å²) >= 11 is 0. The first-order valence-electron chi connectivity index (χ1n) is 9.45. The minimum Gasteiger partial charge on any atom is -0.497 e. The summed E-state index contributed by atoms with van der Waals surface area (Å²) in [6.45, 7) is 2.69. The molecule has 2 amide bonds. The molecular weight excluding hydrogens is 358 g/mol. The number of aryl methyl sites for hydroxylation is 1. The van der Waals surface area contributed by atoms with Gasteiger partial charge >= 0.3 is 0 Å². The predicted molar refractivity (Wildman–Crippen MR) is 105 cm³/mol. The molecule has 148 valence electrons. The molecule has 1 aromatic carbocycles. The predicted octanol–water partition coefficient (Wildman–Crippen LogP) is 1.74. The highest BCUT2D eigenvalue weighted by atomic mass is 16.5. The van der Waals surface area contributed by atoms with Gasteiger partial charge in [-0.2, -0.15) is 0 Å².